The number of ether oxygens (including phenoxy) is 1. The van der Waals surface area contributed by atoms with Gasteiger partial charge in [0, 0.05) is 30.2 Å². The number of carbonyl (C=O) groups is 1. The number of hydrogen-bond donors (Lipinski definition) is 3. The number of benzene rings is 3. The molecule has 1 aliphatic carbocycles. The molecule has 2 atom stereocenters. The van der Waals surface area contributed by atoms with E-state index in [-0.39, 0.29) is 25.5 Å². The molecule has 1 amide bonds. The maximum atomic E-state index is 12.3. The van der Waals surface area contributed by atoms with Gasteiger partial charge in [0.1, 0.15) is 12.7 Å². The van der Waals surface area contributed by atoms with E-state index >= 15 is 0 Å². The molecule has 0 aliphatic heterocycles. The summed E-state index contributed by atoms with van der Waals surface area (Å²) in [6.45, 7) is 0.409. The highest BCUT2D eigenvalue weighted by atomic mass is 16.5. The smallest absolute Gasteiger partial charge is 0.407 e. The van der Waals surface area contributed by atoms with Crippen LogP contribution in [-0.4, -0.2) is 40.5 Å². The van der Waals surface area contributed by atoms with Crippen LogP contribution in [-0.2, 0) is 4.74 Å². The zero-order chi connectivity index (χ0) is 23.5. The van der Waals surface area contributed by atoms with Gasteiger partial charge in [-0.1, -0.05) is 66.7 Å². The van der Waals surface area contributed by atoms with Crippen molar-refractivity contribution in [1.29, 1.82) is 0 Å². The molecule has 0 saturated carbocycles. The molecule has 3 aromatic carbocycles. The van der Waals surface area contributed by atoms with Crippen molar-refractivity contribution in [3.05, 3.63) is 102 Å². The SMILES string of the molecule is O=C(NCCC(O)C(O)c1cccc2ccncc12)OCC1c2ccccc2-c2ccccc21. The highest BCUT2D eigenvalue weighted by molar-refractivity contribution is 5.85. The molecule has 4 aromatic rings. The standard InChI is InChI=1S/C28H26N2O4/c31-26(27(32)23-11-5-6-18-12-14-29-16-24(18)23)13-15-30-28(33)34-17-25-21-9-3-1-7-19(21)20-8-2-4-10-22(20)25/h1-12,14,16,25-27,31-32H,13,15,17H2,(H,30,33). The minimum absolute atomic E-state index is 0.00877. The van der Waals surface area contributed by atoms with E-state index in [0.29, 0.717) is 5.56 Å². The van der Waals surface area contributed by atoms with Crippen molar-refractivity contribution in [2.45, 2.75) is 24.5 Å². The Morgan fingerprint density at radius 2 is 1.65 bits per heavy atom. The van der Waals surface area contributed by atoms with Gasteiger partial charge in [-0.3, -0.25) is 4.98 Å². The number of alkyl carbamates (subject to hydrolysis) is 1. The van der Waals surface area contributed by atoms with Crippen molar-refractivity contribution in [2.75, 3.05) is 13.2 Å². The molecular formula is C28H26N2O4. The predicted octanol–water partition coefficient (Wildman–Crippen LogP) is 4.56. The summed E-state index contributed by atoms with van der Waals surface area (Å²) in [4.78, 5) is 16.4. The Kier molecular flexibility index (Phi) is 6.25. The third kappa shape index (κ3) is 4.25. The minimum atomic E-state index is -1.09. The fourth-order valence-electron chi connectivity index (χ4n) is 4.73. The summed E-state index contributed by atoms with van der Waals surface area (Å²) in [5.41, 5.74) is 5.26. The van der Waals surface area contributed by atoms with Crippen LogP contribution in [0.3, 0.4) is 0 Å². The van der Waals surface area contributed by atoms with Gasteiger partial charge in [0.15, 0.2) is 0 Å². The number of nitrogens with one attached hydrogen (secondary N) is 1. The fraction of sp³-hybridized carbons (Fsp3) is 0.214. The molecule has 34 heavy (non-hydrogen) atoms. The second-order valence-corrected chi connectivity index (χ2v) is 8.50. The molecule has 172 valence electrons. The molecule has 0 spiro atoms. The highest BCUT2D eigenvalue weighted by Crippen LogP contribution is 2.44. The van der Waals surface area contributed by atoms with E-state index in [9.17, 15) is 15.0 Å². The number of aliphatic hydroxyl groups is 2. The quantitative estimate of drug-likeness (QED) is 0.381. The first-order valence-electron chi connectivity index (χ1n) is 11.4. The van der Waals surface area contributed by atoms with Crippen LogP contribution in [0.5, 0.6) is 0 Å². The van der Waals surface area contributed by atoms with Crippen LogP contribution < -0.4 is 5.32 Å². The van der Waals surface area contributed by atoms with Crippen molar-refractivity contribution < 1.29 is 19.7 Å². The molecule has 1 aliphatic rings. The largest absolute Gasteiger partial charge is 0.449 e. The second-order valence-electron chi connectivity index (χ2n) is 8.50. The van der Waals surface area contributed by atoms with E-state index < -0.39 is 18.3 Å². The van der Waals surface area contributed by atoms with Crippen LogP contribution in [0.25, 0.3) is 21.9 Å². The van der Waals surface area contributed by atoms with Crippen LogP contribution in [0.2, 0.25) is 0 Å². The lowest BCUT2D eigenvalue weighted by Gasteiger charge is -2.20. The first-order chi connectivity index (χ1) is 16.6. The normalized spacial score (nSPS) is 14.3. The number of amides is 1. The molecule has 0 fully saturated rings. The summed E-state index contributed by atoms with van der Waals surface area (Å²) < 4.78 is 5.52. The lowest BCUT2D eigenvalue weighted by atomic mass is 9.97. The molecule has 6 heteroatoms. The van der Waals surface area contributed by atoms with Gasteiger partial charge in [-0.2, -0.15) is 0 Å². The summed E-state index contributed by atoms with van der Waals surface area (Å²) in [5, 5.41) is 25.6. The van der Waals surface area contributed by atoms with Crippen LogP contribution >= 0.6 is 0 Å². The van der Waals surface area contributed by atoms with Crippen molar-refractivity contribution in [3.63, 3.8) is 0 Å². The molecule has 1 aromatic heterocycles. The minimum Gasteiger partial charge on any atom is -0.449 e. The summed E-state index contributed by atoms with van der Waals surface area (Å²) in [5.74, 6) is -0.00877. The number of carbonyl (C=O) groups excluding carboxylic acids is 1. The Morgan fingerprint density at radius 1 is 0.941 bits per heavy atom. The number of pyridine rings is 1. The van der Waals surface area contributed by atoms with Crippen molar-refractivity contribution in [2.24, 2.45) is 0 Å². The lowest BCUT2D eigenvalue weighted by Crippen LogP contribution is -2.30. The van der Waals surface area contributed by atoms with Gasteiger partial charge >= 0.3 is 6.09 Å². The molecule has 3 N–H and O–H groups in total. The average Bonchev–Trinajstić information content (AvgIpc) is 3.20. The molecular weight excluding hydrogens is 428 g/mol. The van der Waals surface area contributed by atoms with Gasteiger partial charge in [-0.05, 0) is 45.7 Å². The topological polar surface area (TPSA) is 91.7 Å². The molecule has 0 radical (unpaired) electrons. The summed E-state index contributed by atoms with van der Waals surface area (Å²) in [7, 11) is 0. The predicted molar refractivity (Wildman–Crippen MR) is 130 cm³/mol. The zero-order valence-corrected chi connectivity index (χ0v) is 18.6. The second kappa shape index (κ2) is 9.63. The van der Waals surface area contributed by atoms with E-state index in [1.165, 1.54) is 11.1 Å². The number of aromatic nitrogens is 1. The first kappa shape index (κ1) is 22.1. The van der Waals surface area contributed by atoms with Gasteiger partial charge in [0.25, 0.3) is 0 Å². The van der Waals surface area contributed by atoms with E-state index in [1.54, 1.807) is 18.5 Å². The van der Waals surface area contributed by atoms with Gasteiger partial charge in [0.05, 0.1) is 6.10 Å². The summed E-state index contributed by atoms with van der Waals surface area (Å²) in [6, 6.07) is 23.7. The number of nitrogens with zero attached hydrogens (tertiary/aromatic N) is 1. The number of aliphatic hydroxyl groups excluding tert-OH is 2. The van der Waals surface area contributed by atoms with Gasteiger partial charge in [-0.15, -0.1) is 0 Å². The van der Waals surface area contributed by atoms with Crippen molar-refractivity contribution >= 4 is 16.9 Å². The third-order valence-corrected chi connectivity index (χ3v) is 6.45. The van der Waals surface area contributed by atoms with Gasteiger partial charge in [-0.25, -0.2) is 4.79 Å². The maximum Gasteiger partial charge on any atom is 0.407 e. The van der Waals surface area contributed by atoms with Crippen molar-refractivity contribution in [3.8, 4) is 11.1 Å². The van der Waals surface area contributed by atoms with E-state index in [4.69, 9.17) is 4.74 Å². The Balaban J connectivity index is 1.15. The van der Waals surface area contributed by atoms with E-state index in [1.807, 2.05) is 42.5 Å². The van der Waals surface area contributed by atoms with E-state index in [2.05, 4.69) is 34.6 Å². The molecule has 1 heterocycles. The highest BCUT2D eigenvalue weighted by Gasteiger charge is 2.29. The zero-order valence-electron chi connectivity index (χ0n) is 18.6. The molecule has 2 unspecified atom stereocenters. The van der Waals surface area contributed by atoms with Crippen LogP contribution in [0.1, 0.15) is 35.1 Å². The first-order valence-corrected chi connectivity index (χ1v) is 11.4. The Labute approximate surface area is 197 Å². The monoisotopic (exact) mass is 454 g/mol. The van der Waals surface area contributed by atoms with Gasteiger partial charge < -0.3 is 20.3 Å². The van der Waals surface area contributed by atoms with E-state index in [0.717, 1.165) is 21.9 Å². The number of hydrogen-bond acceptors (Lipinski definition) is 5. The number of fused-ring (bicyclic) bond motifs is 4. The summed E-state index contributed by atoms with van der Waals surface area (Å²) >= 11 is 0. The Bertz CT molecular complexity index is 1270. The average molecular weight is 455 g/mol. The number of rotatable bonds is 7. The molecule has 6 nitrogen and oxygen atoms in total. The maximum absolute atomic E-state index is 12.3. The molecule has 5 rings (SSSR count). The van der Waals surface area contributed by atoms with Crippen molar-refractivity contribution in [1.82, 2.24) is 10.3 Å². The van der Waals surface area contributed by atoms with Crippen LogP contribution in [0.15, 0.2) is 85.2 Å². The fourth-order valence-corrected chi connectivity index (χ4v) is 4.73. The van der Waals surface area contributed by atoms with Crippen LogP contribution in [0, 0.1) is 0 Å². The Morgan fingerprint density at radius 3 is 2.38 bits per heavy atom. The molecule has 0 saturated heterocycles. The van der Waals surface area contributed by atoms with Crippen LogP contribution in [0.4, 0.5) is 4.79 Å². The Hall–Kier alpha value is -3.74. The summed E-state index contributed by atoms with van der Waals surface area (Å²) in [6.07, 6.45) is 0.875. The van der Waals surface area contributed by atoms with Gasteiger partial charge in [0.2, 0.25) is 0 Å². The lowest BCUT2D eigenvalue weighted by molar-refractivity contribution is 0.0145. The third-order valence-electron chi connectivity index (χ3n) is 6.45. The molecule has 0 bridgehead atoms.